The molecule has 156 valence electrons. The predicted octanol–water partition coefficient (Wildman–Crippen LogP) is 3.19. The summed E-state index contributed by atoms with van der Waals surface area (Å²) in [5.74, 6) is -2.14. The van der Waals surface area contributed by atoms with Gasteiger partial charge < -0.3 is 19.3 Å². The second-order valence-corrected chi connectivity index (χ2v) is 8.64. The highest BCUT2D eigenvalue weighted by atomic mass is 16.6. The fourth-order valence-electron chi connectivity index (χ4n) is 3.80. The molecule has 1 heterocycles. The van der Waals surface area contributed by atoms with Crippen LogP contribution in [0, 0.1) is 17.3 Å². The lowest BCUT2D eigenvalue weighted by Gasteiger charge is -2.52. The summed E-state index contributed by atoms with van der Waals surface area (Å²) in [7, 11) is 0. The first-order valence-electron chi connectivity index (χ1n) is 9.52. The van der Waals surface area contributed by atoms with Gasteiger partial charge in [0.1, 0.15) is 12.2 Å². The topological polar surface area (TPSA) is 99.1 Å². The third-order valence-corrected chi connectivity index (χ3v) is 5.63. The van der Waals surface area contributed by atoms with Crippen molar-refractivity contribution in [2.75, 3.05) is 0 Å². The summed E-state index contributed by atoms with van der Waals surface area (Å²) in [6, 6.07) is 0. The second-order valence-electron chi connectivity index (χ2n) is 8.64. The Bertz CT molecular complexity index is 565. The molecule has 0 aromatic heterocycles. The molecule has 0 spiro atoms. The van der Waals surface area contributed by atoms with Gasteiger partial charge in [0.15, 0.2) is 11.7 Å². The number of ether oxygens (including phenoxy) is 3. The van der Waals surface area contributed by atoms with Gasteiger partial charge in [0.25, 0.3) is 0 Å². The van der Waals surface area contributed by atoms with Crippen molar-refractivity contribution in [2.24, 2.45) is 17.3 Å². The number of rotatable bonds is 6. The maximum absolute atomic E-state index is 12.3. The van der Waals surface area contributed by atoms with Crippen LogP contribution in [0.3, 0.4) is 0 Å². The average molecular weight is 386 g/mol. The van der Waals surface area contributed by atoms with E-state index < -0.39 is 47.2 Å². The Hall–Kier alpha value is -1.63. The highest BCUT2D eigenvalue weighted by Crippen LogP contribution is 2.48. The lowest BCUT2D eigenvalue weighted by Crippen LogP contribution is -2.63. The number of carboxylic acid groups (broad SMARTS) is 1. The zero-order valence-electron chi connectivity index (χ0n) is 17.7. The van der Waals surface area contributed by atoms with Gasteiger partial charge in [-0.15, -0.1) is 0 Å². The van der Waals surface area contributed by atoms with E-state index in [0.717, 1.165) is 0 Å². The molecule has 1 unspecified atom stereocenters. The van der Waals surface area contributed by atoms with Gasteiger partial charge in [-0.1, -0.05) is 41.5 Å². The van der Waals surface area contributed by atoms with E-state index >= 15 is 0 Å². The van der Waals surface area contributed by atoms with E-state index in [2.05, 4.69) is 0 Å². The molecule has 7 nitrogen and oxygen atoms in total. The molecule has 6 atom stereocenters. The van der Waals surface area contributed by atoms with E-state index in [0.29, 0.717) is 12.8 Å². The quantitative estimate of drug-likeness (QED) is 0.700. The number of esters is 2. The molecule has 1 N–H and O–H groups in total. The van der Waals surface area contributed by atoms with Crippen molar-refractivity contribution in [3.8, 4) is 0 Å². The Balaban J connectivity index is 3.41. The van der Waals surface area contributed by atoms with Crippen molar-refractivity contribution in [1.82, 2.24) is 0 Å². The summed E-state index contributed by atoms with van der Waals surface area (Å²) < 4.78 is 17.1. The van der Waals surface area contributed by atoms with Gasteiger partial charge in [0.05, 0.1) is 0 Å². The smallest absolute Gasteiger partial charge is 0.336 e. The molecule has 0 aliphatic carbocycles. The van der Waals surface area contributed by atoms with E-state index in [1.54, 1.807) is 0 Å². The normalized spacial score (nSPS) is 30.9. The van der Waals surface area contributed by atoms with Gasteiger partial charge in [0, 0.05) is 19.3 Å². The van der Waals surface area contributed by atoms with Crippen LogP contribution in [0.2, 0.25) is 0 Å². The minimum atomic E-state index is -1.43. The molecule has 1 aliphatic rings. The van der Waals surface area contributed by atoms with Crippen molar-refractivity contribution in [3.05, 3.63) is 0 Å². The third kappa shape index (κ3) is 5.00. The number of carboxylic acids is 1. The molecule has 0 aromatic carbocycles. The summed E-state index contributed by atoms with van der Waals surface area (Å²) in [6.45, 7) is 13.8. The molecular weight excluding hydrogens is 352 g/mol. The Morgan fingerprint density at radius 1 is 1.15 bits per heavy atom. The Morgan fingerprint density at radius 2 is 1.67 bits per heavy atom. The van der Waals surface area contributed by atoms with Gasteiger partial charge in [0.2, 0.25) is 0 Å². The van der Waals surface area contributed by atoms with Crippen LogP contribution in [0.15, 0.2) is 0 Å². The largest absolute Gasteiger partial charge is 0.479 e. The van der Waals surface area contributed by atoms with Crippen LogP contribution in [-0.4, -0.2) is 46.9 Å². The average Bonchev–Trinajstić information content (AvgIpc) is 2.51. The van der Waals surface area contributed by atoms with Crippen LogP contribution in [0.4, 0.5) is 0 Å². The number of hydrogen-bond acceptors (Lipinski definition) is 6. The standard InChI is InChI=1S/C20H34O7/c1-9-15(25-13(4)21)17(26-14(5)22)16-12(3)11(2)10-20(27-16,18(23)24)19(6,7)8/h11-12,15-17H,9-10H2,1-8H3,(H,23,24)/t11-,12-,15-,16?,17-,20-/m1/s1. The molecule has 0 aromatic rings. The Morgan fingerprint density at radius 3 is 2.04 bits per heavy atom. The maximum Gasteiger partial charge on any atom is 0.336 e. The molecule has 1 aliphatic heterocycles. The van der Waals surface area contributed by atoms with Gasteiger partial charge in [-0.2, -0.15) is 0 Å². The summed E-state index contributed by atoms with van der Waals surface area (Å²) in [4.78, 5) is 35.5. The summed E-state index contributed by atoms with van der Waals surface area (Å²) in [5.41, 5.74) is -2.12. The first-order valence-corrected chi connectivity index (χ1v) is 9.52. The van der Waals surface area contributed by atoms with Crippen LogP contribution in [-0.2, 0) is 28.6 Å². The van der Waals surface area contributed by atoms with Crippen molar-refractivity contribution < 1.29 is 33.7 Å². The molecule has 1 fully saturated rings. The second kappa shape index (κ2) is 8.59. The van der Waals surface area contributed by atoms with Gasteiger partial charge in [-0.05, 0) is 24.7 Å². The highest BCUT2D eigenvalue weighted by molar-refractivity contribution is 5.79. The van der Waals surface area contributed by atoms with E-state index in [1.165, 1.54) is 13.8 Å². The third-order valence-electron chi connectivity index (χ3n) is 5.63. The number of carbonyl (C=O) groups excluding carboxylic acids is 2. The van der Waals surface area contributed by atoms with Crippen LogP contribution in [0.1, 0.15) is 68.2 Å². The SMILES string of the molecule is CC[C@@H](OC(C)=O)[C@@H](OC(C)=O)C1O[C@](C(=O)O)(C(C)(C)C)C[C@@H](C)[C@H]1C. The molecule has 1 saturated heterocycles. The number of carbonyl (C=O) groups is 3. The van der Waals surface area contributed by atoms with Gasteiger partial charge >= 0.3 is 17.9 Å². The lowest BCUT2D eigenvalue weighted by atomic mass is 9.66. The van der Waals surface area contributed by atoms with Crippen molar-refractivity contribution in [3.63, 3.8) is 0 Å². The van der Waals surface area contributed by atoms with Crippen molar-refractivity contribution in [1.29, 1.82) is 0 Å². The molecule has 0 amide bonds. The first kappa shape index (κ1) is 23.4. The zero-order valence-corrected chi connectivity index (χ0v) is 17.7. The molecular formula is C20H34O7. The Labute approximate surface area is 161 Å². The van der Waals surface area contributed by atoms with E-state index in [9.17, 15) is 19.5 Å². The monoisotopic (exact) mass is 386 g/mol. The van der Waals surface area contributed by atoms with E-state index in [1.807, 2.05) is 41.5 Å². The summed E-state index contributed by atoms with van der Waals surface area (Å²) in [6.07, 6.45) is -1.54. The minimum Gasteiger partial charge on any atom is -0.479 e. The molecule has 0 radical (unpaired) electrons. The van der Waals surface area contributed by atoms with Crippen molar-refractivity contribution >= 4 is 17.9 Å². The predicted molar refractivity (Wildman–Crippen MR) is 99.0 cm³/mol. The van der Waals surface area contributed by atoms with Crippen molar-refractivity contribution in [2.45, 2.75) is 92.1 Å². The Kier molecular flexibility index (Phi) is 7.45. The molecule has 0 saturated carbocycles. The maximum atomic E-state index is 12.3. The van der Waals surface area contributed by atoms with E-state index in [-0.39, 0.29) is 11.8 Å². The van der Waals surface area contributed by atoms with Gasteiger partial charge in [-0.25, -0.2) is 4.79 Å². The summed E-state index contributed by atoms with van der Waals surface area (Å²) >= 11 is 0. The van der Waals surface area contributed by atoms with Crippen LogP contribution in [0.25, 0.3) is 0 Å². The highest BCUT2D eigenvalue weighted by Gasteiger charge is 2.58. The molecule has 27 heavy (non-hydrogen) atoms. The van der Waals surface area contributed by atoms with E-state index in [4.69, 9.17) is 14.2 Å². The number of aliphatic carboxylic acids is 1. The zero-order chi connectivity index (χ0) is 21.2. The minimum absolute atomic E-state index is 0.00645. The fraction of sp³-hybridized carbons (Fsp3) is 0.850. The fourth-order valence-corrected chi connectivity index (χ4v) is 3.80. The lowest BCUT2D eigenvalue weighted by molar-refractivity contribution is -0.255. The first-order chi connectivity index (χ1) is 12.3. The van der Waals surface area contributed by atoms with Gasteiger partial charge in [-0.3, -0.25) is 9.59 Å². The molecule has 7 heteroatoms. The van der Waals surface area contributed by atoms with Crippen LogP contribution in [0.5, 0.6) is 0 Å². The van der Waals surface area contributed by atoms with Crippen LogP contribution < -0.4 is 0 Å². The molecule has 0 bridgehead atoms. The number of hydrogen-bond donors (Lipinski definition) is 1. The molecule has 1 rings (SSSR count). The summed E-state index contributed by atoms with van der Waals surface area (Å²) in [5, 5.41) is 10.0. The van der Waals surface area contributed by atoms with Crippen LogP contribution >= 0.6 is 0 Å².